The normalized spacial score (nSPS) is 13.2. The largest absolute Gasteiger partial charge is 0.355 e. The first-order chi connectivity index (χ1) is 16.6. The molecule has 0 atom stereocenters. The van der Waals surface area contributed by atoms with E-state index < -0.39 is 0 Å². The van der Waals surface area contributed by atoms with Gasteiger partial charge in [-0.2, -0.15) is 0 Å². The van der Waals surface area contributed by atoms with Crippen molar-refractivity contribution in [1.82, 2.24) is 0 Å². The Morgan fingerprint density at radius 1 is 0.500 bits per heavy atom. The zero-order chi connectivity index (χ0) is 23.1. The Bertz CT molecular complexity index is 1460. The Morgan fingerprint density at radius 2 is 1.09 bits per heavy atom. The van der Waals surface area contributed by atoms with E-state index in [4.69, 9.17) is 0 Å². The summed E-state index contributed by atoms with van der Waals surface area (Å²) in [4.78, 5) is 0. The van der Waals surface area contributed by atoms with Gasteiger partial charge in [-0.25, -0.2) is 0 Å². The lowest BCUT2D eigenvalue weighted by atomic mass is 9.78. The van der Waals surface area contributed by atoms with Crippen LogP contribution in [-0.2, 0) is 5.41 Å². The van der Waals surface area contributed by atoms with Crippen molar-refractivity contribution in [1.29, 1.82) is 0 Å². The van der Waals surface area contributed by atoms with Gasteiger partial charge in [-0.05, 0) is 57.1 Å². The van der Waals surface area contributed by atoms with Crippen molar-refractivity contribution in [2.75, 3.05) is 5.32 Å². The minimum absolute atomic E-state index is 0.0895. The minimum Gasteiger partial charge on any atom is -0.355 e. The van der Waals surface area contributed by atoms with Crippen LogP contribution >= 0.6 is 0 Å². The third-order valence-corrected chi connectivity index (χ3v) is 7.05. The molecular formula is C33H27N. The number of benzene rings is 5. The highest BCUT2D eigenvalue weighted by Crippen LogP contribution is 2.54. The molecule has 0 spiro atoms. The smallest absolute Gasteiger partial charge is 0.0467 e. The predicted molar refractivity (Wildman–Crippen MR) is 145 cm³/mol. The number of anilines is 2. The van der Waals surface area contributed by atoms with Gasteiger partial charge in [0, 0.05) is 22.4 Å². The Labute approximate surface area is 201 Å². The highest BCUT2D eigenvalue weighted by Gasteiger charge is 2.38. The van der Waals surface area contributed by atoms with Gasteiger partial charge in [0.15, 0.2) is 0 Å². The zero-order valence-corrected chi connectivity index (χ0v) is 19.5. The predicted octanol–water partition coefficient (Wildman–Crippen LogP) is 9.07. The summed E-state index contributed by atoms with van der Waals surface area (Å²) in [6.45, 7) is 4.71. The summed E-state index contributed by atoms with van der Waals surface area (Å²) in [5.41, 5.74) is 12.6. The lowest BCUT2D eigenvalue weighted by Crippen LogP contribution is -2.17. The lowest BCUT2D eigenvalue weighted by Gasteiger charge is -2.26. The molecule has 0 fully saturated rings. The van der Waals surface area contributed by atoms with Crippen molar-refractivity contribution < 1.29 is 0 Å². The van der Waals surface area contributed by atoms with E-state index in [9.17, 15) is 0 Å². The Morgan fingerprint density at radius 3 is 1.82 bits per heavy atom. The maximum absolute atomic E-state index is 3.71. The highest BCUT2D eigenvalue weighted by molar-refractivity contribution is 5.95. The molecule has 1 aliphatic rings. The Balaban J connectivity index is 1.55. The highest BCUT2D eigenvalue weighted by atomic mass is 14.9. The van der Waals surface area contributed by atoms with Gasteiger partial charge in [-0.15, -0.1) is 0 Å². The van der Waals surface area contributed by atoms with Gasteiger partial charge in [0.05, 0.1) is 0 Å². The van der Waals surface area contributed by atoms with Crippen LogP contribution in [0.2, 0.25) is 0 Å². The van der Waals surface area contributed by atoms with Crippen LogP contribution in [-0.4, -0.2) is 0 Å². The molecule has 0 saturated carbocycles. The van der Waals surface area contributed by atoms with Crippen LogP contribution in [0.15, 0.2) is 121 Å². The molecule has 0 unspecified atom stereocenters. The van der Waals surface area contributed by atoms with Gasteiger partial charge >= 0.3 is 0 Å². The Kier molecular flexibility index (Phi) is 4.85. The first-order valence-corrected chi connectivity index (χ1v) is 11.9. The summed E-state index contributed by atoms with van der Waals surface area (Å²) >= 11 is 0. The van der Waals surface area contributed by atoms with Crippen LogP contribution < -0.4 is 5.32 Å². The molecule has 5 aromatic rings. The number of nitrogens with one attached hydrogen (secondary N) is 1. The van der Waals surface area contributed by atoms with Crippen molar-refractivity contribution in [2.45, 2.75) is 19.3 Å². The molecule has 34 heavy (non-hydrogen) atoms. The molecule has 1 heteroatoms. The fourth-order valence-corrected chi connectivity index (χ4v) is 5.41. The molecule has 164 valence electrons. The van der Waals surface area contributed by atoms with E-state index in [0.717, 1.165) is 11.4 Å². The van der Waals surface area contributed by atoms with E-state index in [-0.39, 0.29) is 5.41 Å². The molecule has 6 rings (SSSR count). The third-order valence-electron chi connectivity index (χ3n) is 7.05. The van der Waals surface area contributed by atoms with Crippen molar-refractivity contribution >= 4 is 11.4 Å². The number of hydrogen-bond acceptors (Lipinski definition) is 1. The summed E-state index contributed by atoms with van der Waals surface area (Å²) in [6, 6.07) is 43.4. The quantitative estimate of drug-likeness (QED) is 0.296. The van der Waals surface area contributed by atoms with E-state index in [0.29, 0.717) is 0 Å². The summed E-state index contributed by atoms with van der Waals surface area (Å²) in [7, 11) is 0. The molecule has 1 N–H and O–H groups in total. The van der Waals surface area contributed by atoms with Crippen molar-refractivity contribution in [3.8, 4) is 33.4 Å². The fraction of sp³-hybridized carbons (Fsp3) is 0.0909. The van der Waals surface area contributed by atoms with Gasteiger partial charge in [0.2, 0.25) is 0 Å². The van der Waals surface area contributed by atoms with Crippen LogP contribution in [0.1, 0.15) is 25.0 Å². The molecule has 0 amide bonds. The fourth-order valence-electron chi connectivity index (χ4n) is 5.41. The summed E-state index contributed by atoms with van der Waals surface area (Å²) in [5.74, 6) is 0. The van der Waals surface area contributed by atoms with Crippen LogP contribution in [0, 0.1) is 0 Å². The van der Waals surface area contributed by atoms with E-state index in [1.165, 1.54) is 44.5 Å². The molecule has 0 radical (unpaired) electrons. The van der Waals surface area contributed by atoms with Crippen molar-refractivity contribution in [2.24, 2.45) is 0 Å². The van der Waals surface area contributed by atoms with Gasteiger partial charge in [-0.1, -0.05) is 117 Å². The molecule has 0 aromatic heterocycles. The number of rotatable bonds is 4. The SMILES string of the molecule is CC1(C)c2ccccc2-c2ccc(Nc3ccccc3)c(-c3ccc(-c4ccccc4)cc3)c21. The average molecular weight is 438 g/mol. The molecule has 0 saturated heterocycles. The third kappa shape index (κ3) is 3.33. The molecule has 1 nitrogen and oxygen atoms in total. The number of fused-ring (bicyclic) bond motifs is 3. The molecule has 5 aromatic carbocycles. The van der Waals surface area contributed by atoms with Gasteiger partial charge in [-0.3, -0.25) is 0 Å². The lowest BCUT2D eigenvalue weighted by molar-refractivity contribution is 0.662. The monoisotopic (exact) mass is 437 g/mol. The van der Waals surface area contributed by atoms with E-state index in [1.807, 2.05) is 0 Å². The molecule has 1 aliphatic carbocycles. The molecular weight excluding hydrogens is 410 g/mol. The number of hydrogen-bond donors (Lipinski definition) is 1. The zero-order valence-electron chi connectivity index (χ0n) is 19.5. The van der Waals surface area contributed by atoms with Crippen LogP contribution in [0.3, 0.4) is 0 Å². The topological polar surface area (TPSA) is 12.0 Å². The molecule has 0 aliphatic heterocycles. The van der Waals surface area contributed by atoms with Gasteiger partial charge < -0.3 is 5.32 Å². The second-order valence-electron chi connectivity index (χ2n) is 9.52. The van der Waals surface area contributed by atoms with E-state index in [2.05, 4.69) is 140 Å². The van der Waals surface area contributed by atoms with E-state index >= 15 is 0 Å². The van der Waals surface area contributed by atoms with Gasteiger partial charge in [0.25, 0.3) is 0 Å². The van der Waals surface area contributed by atoms with Gasteiger partial charge in [0.1, 0.15) is 0 Å². The Hall–Kier alpha value is -4.10. The van der Waals surface area contributed by atoms with Crippen LogP contribution in [0.25, 0.3) is 33.4 Å². The first kappa shape index (κ1) is 20.5. The second-order valence-corrected chi connectivity index (χ2v) is 9.52. The standard InChI is InChI=1S/C33H27N/c1-33(2)29-16-10-9-15-27(29)28-21-22-30(34-26-13-7-4-8-14-26)31(32(28)33)25-19-17-24(18-20-25)23-11-5-3-6-12-23/h3-22,34H,1-2H3. The maximum Gasteiger partial charge on any atom is 0.0467 e. The summed E-state index contributed by atoms with van der Waals surface area (Å²) in [5, 5.41) is 3.71. The summed E-state index contributed by atoms with van der Waals surface area (Å²) in [6.07, 6.45) is 0. The average Bonchev–Trinajstić information content (AvgIpc) is 3.12. The number of para-hydroxylation sites is 1. The maximum atomic E-state index is 3.71. The molecule has 0 heterocycles. The second kappa shape index (κ2) is 8.04. The van der Waals surface area contributed by atoms with Crippen LogP contribution in [0.5, 0.6) is 0 Å². The first-order valence-electron chi connectivity index (χ1n) is 11.9. The summed E-state index contributed by atoms with van der Waals surface area (Å²) < 4.78 is 0. The molecule has 0 bridgehead atoms. The van der Waals surface area contributed by atoms with E-state index in [1.54, 1.807) is 0 Å². The van der Waals surface area contributed by atoms with Crippen molar-refractivity contribution in [3.63, 3.8) is 0 Å². The minimum atomic E-state index is -0.0895. The van der Waals surface area contributed by atoms with Crippen molar-refractivity contribution in [3.05, 3.63) is 132 Å². The van der Waals surface area contributed by atoms with Crippen LogP contribution in [0.4, 0.5) is 11.4 Å².